The number of ether oxygens (including phenoxy) is 2. The fraction of sp³-hybridized carbons (Fsp3) is 0.160. The molecule has 0 aromatic heterocycles. The highest BCUT2D eigenvalue weighted by Crippen LogP contribution is 2.49. The second-order valence-corrected chi connectivity index (χ2v) is 8.04. The Hall–Kier alpha value is -4.54. The number of nitrogens with one attached hydrogen (secondary N) is 1. The minimum absolute atomic E-state index is 0.170. The second kappa shape index (κ2) is 8.59. The van der Waals surface area contributed by atoms with Gasteiger partial charge in [-0.1, -0.05) is 18.2 Å². The largest absolute Gasteiger partial charge is 0.493 e. The maximum Gasteiger partial charge on any atom is 0.264 e. The van der Waals surface area contributed by atoms with Gasteiger partial charge in [-0.3, -0.25) is 19.3 Å². The molecule has 184 valence electrons. The van der Waals surface area contributed by atoms with Gasteiger partial charge in [0.25, 0.3) is 11.8 Å². The highest BCUT2D eigenvalue weighted by molar-refractivity contribution is 6.18. The Bertz CT molecular complexity index is 1440. The van der Waals surface area contributed by atoms with Crippen LogP contribution in [0.4, 0.5) is 24.5 Å². The predicted octanol–water partition coefficient (Wildman–Crippen LogP) is 3.87. The maximum absolute atomic E-state index is 14.1. The first-order chi connectivity index (χ1) is 17.3. The molecule has 3 amide bonds. The number of nitrogens with zero attached hydrogens (tertiary/aromatic N) is 2. The summed E-state index contributed by atoms with van der Waals surface area (Å²) in [5, 5.41) is 2.16. The van der Waals surface area contributed by atoms with Crippen LogP contribution in [0.25, 0.3) is 0 Å². The molecule has 0 spiro atoms. The van der Waals surface area contributed by atoms with Crippen molar-refractivity contribution in [2.75, 3.05) is 31.0 Å². The van der Waals surface area contributed by atoms with E-state index in [1.807, 2.05) is 0 Å². The maximum atomic E-state index is 14.1. The van der Waals surface area contributed by atoms with E-state index >= 15 is 0 Å². The molecule has 0 saturated carbocycles. The third-order valence-corrected chi connectivity index (χ3v) is 6.11. The summed E-state index contributed by atoms with van der Waals surface area (Å²) in [5.74, 6) is -6.14. The lowest BCUT2D eigenvalue weighted by Gasteiger charge is -2.40. The molecule has 3 aromatic rings. The van der Waals surface area contributed by atoms with Gasteiger partial charge < -0.3 is 19.7 Å². The Morgan fingerprint density at radius 1 is 0.944 bits per heavy atom. The molecular weight excluding hydrogens is 479 g/mol. The summed E-state index contributed by atoms with van der Waals surface area (Å²) in [6.07, 6.45) is -1.02. The van der Waals surface area contributed by atoms with Crippen molar-refractivity contribution in [3.05, 3.63) is 82.7 Å². The molecule has 1 atom stereocenters. The van der Waals surface area contributed by atoms with Crippen LogP contribution in [-0.2, 0) is 4.79 Å². The van der Waals surface area contributed by atoms with Crippen LogP contribution in [0.3, 0.4) is 0 Å². The number of para-hydroxylation sites is 1. The fourth-order valence-corrected chi connectivity index (χ4v) is 4.55. The van der Waals surface area contributed by atoms with E-state index < -0.39 is 53.6 Å². The highest BCUT2D eigenvalue weighted by atomic mass is 19.2. The van der Waals surface area contributed by atoms with Gasteiger partial charge in [-0.05, 0) is 30.3 Å². The summed E-state index contributed by atoms with van der Waals surface area (Å²) in [6.45, 7) is -0.617. The molecule has 36 heavy (non-hydrogen) atoms. The third kappa shape index (κ3) is 3.35. The number of anilines is 2. The lowest BCUT2D eigenvalue weighted by molar-refractivity contribution is -0.117. The highest BCUT2D eigenvalue weighted by Gasteiger charge is 2.50. The van der Waals surface area contributed by atoms with E-state index in [2.05, 4.69) is 5.32 Å². The number of halogens is 3. The van der Waals surface area contributed by atoms with Crippen LogP contribution in [0.15, 0.2) is 48.5 Å². The van der Waals surface area contributed by atoms with Gasteiger partial charge >= 0.3 is 0 Å². The van der Waals surface area contributed by atoms with Gasteiger partial charge in [-0.25, -0.2) is 13.2 Å². The number of rotatable bonds is 5. The quantitative estimate of drug-likeness (QED) is 0.541. The minimum atomic E-state index is -1.74. The average Bonchev–Trinajstić information content (AvgIpc) is 3.18. The van der Waals surface area contributed by atoms with E-state index in [9.17, 15) is 27.6 Å². The Morgan fingerprint density at radius 2 is 1.69 bits per heavy atom. The monoisotopic (exact) mass is 497 g/mol. The molecule has 2 aliphatic heterocycles. The summed E-state index contributed by atoms with van der Waals surface area (Å²) in [4.78, 5) is 42.5. The van der Waals surface area contributed by atoms with Gasteiger partial charge in [0.15, 0.2) is 29.0 Å². The Balaban J connectivity index is 1.58. The number of fused-ring (bicyclic) bond motifs is 5. The van der Waals surface area contributed by atoms with Gasteiger partial charge in [0.05, 0.1) is 36.7 Å². The lowest BCUT2D eigenvalue weighted by Crippen LogP contribution is -2.50. The van der Waals surface area contributed by atoms with Crippen molar-refractivity contribution in [1.82, 2.24) is 4.90 Å². The van der Waals surface area contributed by atoms with Crippen LogP contribution in [0.1, 0.15) is 32.4 Å². The Labute approximate surface area is 202 Å². The first-order valence-electron chi connectivity index (χ1n) is 10.7. The van der Waals surface area contributed by atoms with Gasteiger partial charge in [-0.2, -0.15) is 0 Å². The van der Waals surface area contributed by atoms with Crippen LogP contribution in [-0.4, -0.2) is 43.4 Å². The molecule has 3 aromatic carbocycles. The standard InChI is InChI=1S/C25H18F3N3O5/c1-35-17-10-7-13-19(22(17)36-2)25(34)31-16-6-4-3-5-12(16)24(33)30(23(13)31)11-18(32)29-15-9-8-14(26)20(27)21(15)28/h3-10,23H,11H2,1-2H3,(H,29,32). The zero-order chi connectivity index (χ0) is 25.7. The number of methoxy groups -OCH3 is 2. The van der Waals surface area contributed by atoms with E-state index in [1.165, 1.54) is 25.2 Å². The molecule has 0 radical (unpaired) electrons. The summed E-state index contributed by atoms with van der Waals surface area (Å²) in [7, 11) is 2.80. The second-order valence-electron chi connectivity index (χ2n) is 8.04. The molecule has 0 fully saturated rings. The van der Waals surface area contributed by atoms with Gasteiger partial charge in [0.2, 0.25) is 5.91 Å². The van der Waals surface area contributed by atoms with Crippen LogP contribution >= 0.6 is 0 Å². The summed E-state index contributed by atoms with van der Waals surface area (Å²) >= 11 is 0. The molecule has 8 nitrogen and oxygen atoms in total. The molecular formula is C25H18F3N3O5. The van der Waals surface area contributed by atoms with Crippen molar-refractivity contribution in [1.29, 1.82) is 0 Å². The van der Waals surface area contributed by atoms with E-state index in [4.69, 9.17) is 9.47 Å². The predicted molar refractivity (Wildman–Crippen MR) is 122 cm³/mol. The van der Waals surface area contributed by atoms with Crippen molar-refractivity contribution in [3.8, 4) is 11.5 Å². The molecule has 2 heterocycles. The van der Waals surface area contributed by atoms with Crippen LogP contribution in [0, 0.1) is 17.5 Å². The average molecular weight is 497 g/mol. The smallest absolute Gasteiger partial charge is 0.264 e. The van der Waals surface area contributed by atoms with E-state index in [0.29, 0.717) is 23.1 Å². The van der Waals surface area contributed by atoms with E-state index in [1.54, 1.807) is 30.3 Å². The van der Waals surface area contributed by atoms with Crippen molar-refractivity contribution >= 4 is 29.1 Å². The lowest BCUT2D eigenvalue weighted by atomic mass is 10.0. The fourth-order valence-electron chi connectivity index (χ4n) is 4.55. The minimum Gasteiger partial charge on any atom is -0.493 e. The zero-order valence-corrected chi connectivity index (χ0v) is 19.0. The SMILES string of the molecule is COc1ccc2c(c1OC)C(=O)N1c3ccccc3C(=O)N(CC(=O)Nc3ccc(F)c(F)c3F)C21. The van der Waals surface area contributed by atoms with Crippen molar-refractivity contribution in [3.63, 3.8) is 0 Å². The van der Waals surface area contributed by atoms with Crippen molar-refractivity contribution < 1.29 is 37.0 Å². The number of amides is 3. The number of hydrogen-bond acceptors (Lipinski definition) is 5. The first-order valence-corrected chi connectivity index (χ1v) is 10.7. The van der Waals surface area contributed by atoms with Crippen LogP contribution in [0.2, 0.25) is 0 Å². The molecule has 1 N–H and O–H groups in total. The number of carbonyl (C=O) groups excluding carboxylic acids is 3. The topological polar surface area (TPSA) is 88.2 Å². The van der Waals surface area contributed by atoms with Crippen molar-refractivity contribution in [2.45, 2.75) is 6.17 Å². The summed E-state index contributed by atoms with van der Waals surface area (Å²) in [6, 6.07) is 11.1. The number of carbonyl (C=O) groups is 3. The van der Waals surface area contributed by atoms with E-state index in [0.717, 1.165) is 11.0 Å². The molecule has 0 aliphatic carbocycles. The third-order valence-electron chi connectivity index (χ3n) is 6.11. The van der Waals surface area contributed by atoms with E-state index in [-0.39, 0.29) is 16.9 Å². The Kier molecular flexibility index (Phi) is 5.54. The summed E-state index contributed by atoms with van der Waals surface area (Å²) < 4.78 is 51.7. The van der Waals surface area contributed by atoms with Gasteiger partial charge in [0, 0.05) is 5.56 Å². The Morgan fingerprint density at radius 3 is 2.42 bits per heavy atom. The molecule has 2 aliphatic rings. The number of hydrogen-bond donors (Lipinski definition) is 1. The molecule has 5 rings (SSSR count). The normalized spacial score (nSPS) is 15.9. The van der Waals surface area contributed by atoms with Crippen LogP contribution < -0.4 is 19.7 Å². The summed E-state index contributed by atoms with van der Waals surface area (Å²) in [5.41, 5.74) is 0.497. The number of benzene rings is 3. The van der Waals surface area contributed by atoms with Crippen LogP contribution in [0.5, 0.6) is 11.5 Å². The van der Waals surface area contributed by atoms with Crippen molar-refractivity contribution in [2.24, 2.45) is 0 Å². The van der Waals surface area contributed by atoms with Gasteiger partial charge in [-0.15, -0.1) is 0 Å². The van der Waals surface area contributed by atoms with Gasteiger partial charge in [0.1, 0.15) is 12.7 Å². The molecule has 0 bridgehead atoms. The molecule has 0 saturated heterocycles. The zero-order valence-electron chi connectivity index (χ0n) is 19.0. The molecule has 1 unspecified atom stereocenters. The molecule has 11 heteroatoms. The first kappa shape index (κ1) is 23.2.